The van der Waals surface area contributed by atoms with Crippen LogP contribution in [0.5, 0.6) is 0 Å². The molecule has 0 radical (unpaired) electrons. The van der Waals surface area contributed by atoms with E-state index >= 15 is 0 Å². The maximum absolute atomic E-state index is 12.7. The Morgan fingerprint density at radius 2 is 1.92 bits per heavy atom. The molecule has 2 fully saturated rings. The molecule has 140 valence electrons. The summed E-state index contributed by atoms with van der Waals surface area (Å²) >= 11 is 0. The van der Waals surface area contributed by atoms with Gasteiger partial charge in [0.15, 0.2) is 12.1 Å². The highest BCUT2D eigenvalue weighted by Crippen LogP contribution is 2.51. The zero-order valence-corrected chi connectivity index (χ0v) is 15.6. The number of ketones is 1. The molecular formula is C22H28O4. The number of carbonyl (C=O) groups excluding carboxylic acids is 1. The summed E-state index contributed by atoms with van der Waals surface area (Å²) in [6.45, 7) is 6.30. The lowest BCUT2D eigenvalue weighted by atomic mass is 9.57. The van der Waals surface area contributed by atoms with E-state index < -0.39 is 6.29 Å². The van der Waals surface area contributed by atoms with E-state index in [4.69, 9.17) is 14.2 Å². The molecule has 26 heavy (non-hydrogen) atoms. The Hall–Kier alpha value is -1.49. The molecule has 0 unspecified atom stereocenters. The van der Waals surface area contributed by atoms with Crippen LogP contribution in [0.2, 0.25) is 0 Å². The third-order valence-electron chi connectivity index (χ3n) is 6.43. The van der Waals surface area contributed by atoms with Crippen LogP contribution < -0.4 is 0 Å². The normalized spacial score (nSPS) is 35.2. The number of hydrogen-bond acceptors (Lipinski definition) is 4. The van der Waals surface area contributed by atoms with E-state index in [1.54, 1.807) is 0 Å². The zero-order chi connectivity index (χ0) is 18.1. The topological polar surface area (TPSA) is 44.8 Å². The van der Waals surface area contributed by atoms with Crippen LogP contribution in [-0.2, 0) is 25.6 Å². The largest absolute Gasteiger partial charge is 0.373 e. The predicted molar refractivity (Wildman–Crippen MR) is 98.4 cm³/mol. The molecule has 1 aromatic rings. The molecule has 4 atom stereocenters. The van der Waals surface area contributed by atoms with Crippen molar-refractivity contribution in [2.45, 2.75) is 52.1 Å². The minimum atomic E-state index is -0.456. The first-order chi connectivity index (χ1) is 12.6. The molecule has 1 saturated carbocycles. The van der Waals surface area contributed by atoms with E-state index in [1.165, 1.54) is 5.56 Å². The van der Waals surface area contributed by atoms with Crippen molar-refractivity contribution >= 4 is 5.78 Å². The molecule has 0 spiro atoms. The van der Waals surface area contributed by atoms with Crippen molar-refractivity contribution in [3.63, 3.8) is 0 Å². The van der Waals surface area contributed by atoms with Gasteiger partial charge in [0.05, 0.1) is 25.9 Å². The number of benzene rings is 1. The molecule has 0 amide bonds. The fourth-order valence-corrected chi connectivity index (χ4v) is 4.86. The summed E-state index contributed by atoms with van der Waals surface area (Å²) in [6.07, 6.45) is 4.52. The van der Waals surface area contributed by atoms with Crippen LogP contribution in [0.3, 0.4) is 0 Å². The van der Waals surface area contributed by atoms with Gasteiger partial charge in [-0.2, -0.15) is 0 Å². The molecule has 0 N–H and O–H groups in total. The summed E-state index contributed by atoms with van der Waals surface area (Å²) in [7, 11) is 0. The molecule has 1 aromatic carbocycles. The highest BCUT2D eigenvalue weighted by Gasteiger charge is 2.49. The van der Waals surface area contributed by atoms with Gasteiger partial charge in [0.2, 0.25) is 0 Å². The van der Waals surface area contributed by atoms with Crippen molar-refractivity contribution in [2.24, 2.45) is 17.3 Å². The van der Waals surface area contributed by atoms with E-state index in [9.17, 15) is 4.79 Å². The first-order valence-electron chi connectivity index (χ1n) is 9.71. The first kappa shape index (κ1) is 17.9. The Labute approximate surface area is 155 Å². The van der Waals surface area contributed by atoms with Crippen LogP contribution in [0.4, 0.5) is 0 Å². The third-order valence-corrected chi connectivity index (χ3v) is 6.43. The Morgan fingerprint density at radius 1 is 1.19 bits per heavy atom. The van der Waals surface area contributed by atoms with Crippen molar-refractivity contribution < 1.29 is 19.0 Å². The second-order valence-electron chi connectivity index (χ2n) is 8.15. The van der Waals surface area contributed by atoms with Gasteiger partial charge in [-0.15, -0.1) is 0 Å². The molecule has 0 aromatic heterocycles. The van der Waals surface area contributed by atoms with Gasteiger partial charge in [0.1, 0.15) is 0 Å². The van der Waals surface area contributed by atoms with Gasteiger partial charge in [-0.3, -0.25) is 4.79 Å². The monoisotopic (exact) mass is 356 g/mol. The standard InChI is InChI=1S/C22H28O4/c1-15-18-12-19(23)17(21-24-10-11-25-21)13-22(18,2)9-8-20(15)26-14-16-6-4-3-5-7-16/h3-7,13,15,18,20-21H,8-12,14H2,1-2H3/t15-,18-,20-,22+/m0/s1. The lowest BCUT2D eigenvalue weighted by Crippen LogP contribution is -2.47. The van der Waals surface area contributed by atoms with Gasteiger partial charge in [-0.1, -0.05) is 50.3 Å². The lowest BCUT2D eigenvalue weighted by molar-refractivity contribution is -0.127. The minimum absolute atomic E-state index is 0.0184. The predicted octanol–water partition coefficient (Wildman–Crippen LogP) is 3.90. The smallest absolute Gasteiger partial charge is 0.187 e. The van der Waals surface area contributed by atoms with Crippen LogP contribution >= 0.6 is 0 Å². The average molecular weight is 356 g/mol. The lowest BCUT2D eigenvalue weighted by Gasteiger charge is -2.49. The van der Waals surface area contributed by atoms with Crippen molar-refractivity contribution in [3.05, 3.63) is 47.5 Å². The van der Waals surface area contributed by atoms with Crippen molar-refractivity contribution in [2.75, 3.05) is 13.2 Å². The summed E-state index contributed by atoms with van der Waals surface area (Å²) in [4.78, 5) is 12.7. The molecule has 4 nitrogen and oxygen atoms in total. The van der Waals surface area contributed by atoms with Crippen LogP contribution in [0.15, 0.2) is 42.0 Å². The number of ether oxygens (including phenoxy) is 3. The van der Waals surface area contributed by atoms with Crippen molar-refractivity contribution in [1.29, 1.82) is 0 Å². The number of rotatable bonds is 4. The van der Waals surface area contributed by atoms with Gasteiger partial charge in [-0.25, -0.2) is 0 Å². The summed E-state index contributed by atoms with van der Waals surface area (Å²) in [5.74, 6) is 0.842. The van der Waals surface area contributed by atoms with E-state index in [-0.39, 0.29) is 17.3 Å². The SMILES string of the molecule is C[C@@H]1[C@@H](OCc2ccccc2)CC[C@]2(C)C=C(C3OCCO3)C(=O)C[C@@H]12. The number of hydrogen-bond donors (Lipinski definition) is 0. The Bertz CT molecular complexity index is 677. The first-order valence-corrected chi connectivity index (χ1v) is 9.71. The van der Waals surface area contributed by atoms with Crippen molar-refractivity contribution in [1.82, 2.24) is 0 Å². The minimum Gasteiger partial charge on any atom is -0.373 e. The van der Waals surface area contributed by atoms with E-state index in [0.717, 1.165) is 18.4 Å². The van der Waals surface area contributed by atoms with Gasteiger partial charge >= 0.3 is 0 Å². The molecule has 1 heterocycles. The number of Topliss-reactive ketones (excluding diaryl/α,β-unsaturated/α-hetero) is 1. The second kappa shape index (κ2) is 7.26. The van der Waals surface area contributed by atoms with Gasteiger partial charge in [0.25, 0.3) is 0 Å². The second-order valence-corrected chi connectivity index (χ2v) is 8.15. The average Bonchev–Trinajstić information content (AvgIpc) is 3.18. The quantitative estimate of drug-likeness (QED) is 0.821. The molecule has 1 saturated heterocycles. The van der Waals surface area contributed by atoms with Gasteiger partial charge < -0.3 is 14.2 Å². The van der Waals surface area contributed by atoms with Crippen LogP contribution in [0.25, 0.3) is 0 Å². The van der Waals surface area contributed by atoms with Crippen LogP contribution in [-0.4, -0.2) is 31.4 Å². The summed E-state index contributed by atoms with van der Waals surface area (Å²) < 4.78 is 17.4. The fourth-order valence-electron chi connectivity index (χ4n) is 4.86. The maximum Gasteiger partial charge on any atom is 0.187 e. The molecule has 4 heteroatoms. The summed E-state index contributed by atoms with van der Waals surface area (Å²) in [5, 5.41) is 0. The highest BCUT2D eigenvalue weighted by atomic mass is 16.7. The van der Waals surface area contributed by atoms with E-state index in [0.29, 0.717) is 38.1 Å². The molecule has 2 aliphatic carbocycles. The van der Waals surface area contributed by atoms with Crippen LogP contribution in [0.1, 0.15) is 38.7 Å². The molecule has 1 aliphatic heterocycles. The van der Waals surface area contributed by atoms with Gasteiger partial charge in [0, 0.05) is 12.0 Å². The van der Waals surface area contributed by atoms with Crippen LogP contribution in [0, 0.1) is 17.3 Å². The maximum atomic E-state index is 12.7. The molecule has 0 bridgehead atoms. The van der Waals surface area contributed by atoms with E-state index in [2.05, 4.69) is 32.1 Å². The Balaban J connectivity index is 1.47. The number of allylic oxidation sites excluding steroid dienone is 1. The number of carbonyl (C=O) groups is 1. The molecule has 4 rings (SSSR count). The fraction of sp³-hybridized carbons (Fsp3) is 0.591. The summed E-state index contributed by atoms with van der Waals surface area (Å²) in [5.41, 5.74) is 1.95. The van der Waals surface area contributed by atoms with Gasteiger partial charge in [-0.05, 0) is 35.7 Å². The Morgan fingerprint density at radius 3 is 2.65 bits per heavy atom. The molecular weight excluding hydrogens is 328 g/mol. The molecule has 3 aliphatic rings. The van der Waals surface area contributed by atoms with E-state index in [1.807, 2.05) is 18.2 Å². The number of fused-ring (bicyclic) bond motifs is 1. The Kier molecular flexibility index (Phi) is 5.00. The third kappa shape index (κ3) is 3.38. The highest BCUT2D eigenvalue weighted by molar-refractivity contribution is 5.97. The zero-order valence-electron chi connectivity index (χ0n) is 15.6. The summed E-state index contributed by atoms with van der Waals surface area (Å²) in [6, 6.07) is 10.3. The van der Waals surface area contributed by atoms with Crippen molar-refractivity contribution in [3.8, 4) is 0 Å².